The van der Waals surface area contributed by atoms with Crippen molar-refractivity contribution in [1.82, 2.24) is 5.32 Å². The lowest BCUT2D eigenvalue weighted by atomic mass is 9.86. The monoisotopic (exact) mass is 409 g/mol. The summed E-state index contributed by atoms with van der Waals surface area (Å²) in [6.07, 6.45) is 3.80. The maximum atomic E-state index is 13.5. The molecule has 1 heterocycles. The first-order chi connectivity index (χ1) is 14.5. The van der Waals surface area contributed by atoms with Gasteiger partial charge in [-0.3, -0.25) is 0 Å². The minimum absolute atomic E-state index is 0.238. The number of ether oxygens (including phenoxy) is 2. The highest BCUT2D eigenvalue weighted by Gasteiger charge is 2.30. The summed E-state index contributed by atoms with van der Waals surface area (Å²) in [6.45, 7) is 6.55. The van der Waals surface area contributed by atoms with Crippen LogP contribution in [-0.4, -0.2) is 12.6 Å². The van der Waals surface area contributed by atoms with Crippen LogP contribution in [0.2, 0.25) is 0 Å². The summed E-state index contributed by atoms with van der Waals surface area (Å²) in [5, 5.41) is 3.24. The number of carbonyl (C=O) groups is 1. The van der Waals surface area contributed by atoms with Gasteiger partial charge in [0.05, 0.1) is 12.2 Å². The molecule has 1 unspecified atom stereocenters. The zero-order valence-corrected chi connectivity index (χ0v) is 17.7. The number of rotatable bonds is 8. The zero-order chi connectivity index (χ0) is 21.5. The van der Waals surface area contributed by atoms with E-state index in [1.165, 1.54) is 12.1 Å². The molecule has 2 aromatic carbocycles. The number of dihydropyridines is 1. The van der Waals surface area contributed by atoms with Crippen molar-refractivity contribution in [1.29, 1.82) is 0 Å². The van der Waals surface area contributed by atoms with E-state index in [9.17, 15) is 9.18 Å². The van der Waals surface area contributed by atoms with E-state index in [1.54, 1.807) is 6.07 Å². The summed E-state index contributed by atoms with van der Waals surface area (Å²) < 4.78 is 25.0. The Hall–Kier alpha value is -3.08. The Morgan fingerprint density at radius 1 is 1.13 bits per heavy atom. The second-order valence-electron chi connectivity index (χ2n) is 7.44. The molecule has 0 radical (unpaired) electrons. The first kappa shape index (κ1) is 21.6. The van der Waals surface area contributed by atoms with Gasteiger partial charge in [0, 0.05) is 22.9 Å². The lowest BCUT2D eigenvalue weighted by Gasteiger charge is -2.27. The summed E-state index contributed by atoms with van der Waals surface area (Å²) in [7, 11) is 0. The van der Waals surface area contributed by atoms with E-state index in [2.05, 4.69) is 12.2 Å². The van der Waals surface area contributed by atoms with E-state index >= 15 is 0 Å². The molecule has 1 atom stereocenters. The molecule has 0 spiro atoms. The normalized spacial score (nSPS) is 16.0. The number of halogens is 1. The van der Waals surface area contributed by atoms with E-state index in [1.807, 2.05) is 50.3 Å². The summed E-state index contributed by atoms with van der Waals surface area (Å²) in [4.78, 5) is 12.9. The molecule has 1 aliphatic heterocycles. The highest BCUT2D eigenvalue weighted by atomic mass is 19.1. The van der Waals surface area contributed by atoms with Crippen LogP contribution in [0.4, 0.5) is 4.39 Å². The second kappa shape index (κ2) is 10.1. The number of allylic oxidation sites excluding steroid dienone is 3. The molecular formula is C25H28FNO3. The summed E-state index contributed by atoms with van der Waals surface area (Å²) >= 11 is 0. The minimum atomic E-state index is -0.317. The molecule has 1 N–H and O–H groups in total. The largest absolute Gasteiger partial charge is 0.489 e. The van der Waals surface area contributed by atoms with Crippen molar-refractivity contribution in [2.75, 3.05) is 6.61 Å². The number of esters is 1. The van der Waals surface area contributed by atoms with Crippen LogP contribution >= 0.6 is 0 Å². The predicted octanol–water partition coefficient (Wildman–Crippen LogP) is 5.61. The van der Waals surface area contributed by atoms with Gasteiger partial charge >= 0.3 is 5.97 Å². The van der Waals surface area contributed by atoms with Crippen LogP contribution in [0.1, 0.15) is 50.7 Å². The Morgan fingerprint density at radius 2 is 1.93 bits per heavy atom. The van der Waals surface area contributed by atoms with E-state index in [0.717, 1.165) is 35.4 Å². The Kier molecular flexibility index (Phi) is 7.28. The van der Waals surface area contributed by atoms with Crippen LogP contribution in [0.5, 0.6) is 5.75 Å². The summed E-state index contributed by atoms with van der Waals surface area (Å²) in [5.74, 6) is -0.243. The van der Waals surface area contributed by atoms with Crippen molar-refractivity contribution in [3.05, 3.63) is 88.5 Å². The average Bonchev–Trinajstić information content (AvgIpc) is 2.72. The van der Waals surface area contributed by atoms with Crippen molar-refractivity contribution < 1.29 is 18.7 Å². The van der Waals surface area contributed by atoms with Crippen molar-refractivity contribution >= 4 is 5.97 Å². The third kappa shape index (κ3) is 5.29. The summed E-state index contributed by atoms with van der Waals surface area (Å²) in [5.41, 5.74) is 3.94. The van der Waals surface area contributed by atoms with E-state index in [0.29, 0.717) is 17.9 Å². The topological polar surface area (TPSA) is 47.6 Å². The van der Waals surface area contributed by atoms with Crippen LogP contribution in [0, 0.1) is 5.82 Å². The molecule has 0 bridgehead atoms. The Labute approximate surface area is 177 Å². The highest BCUT2D eigenvalue weighted by Crippen LogP contribution is 2.37. The highest BCUT2D eigenvalue weighted by molar-refractivity contribution is 5.92. The molecule has 0 amide bonds. The van der Waals surface area contributed by atoms with Gasteiger partial charge in [-0.25, -0.2) is 9.18 Å². The number of benzene rings is 2. The molecule has 0 fully saturated rings. The van der Waals surface area contributed by atoms with E-state index in [4.69, 9.17) is 9.47 Å². The maximum Gasteiger partial charge on any atom is 0.336 e. The van der Waals surface area contributed by atoms with Crippen molar-refractivity contribution in [2.45, 2.75) is 46.1 Å². The van der Waals surface area contributed by atoms with Gasteiger partial charge in [-0.2, -0.15) is 0 Å². The predicted molar refractivity (Wildman–Crippen MR) is 115 cm³/mol. The van der Waals surface area contributed by atoms with Gasteiger partial charge in [-0.05, 0) is 44.0 Å². The molecule has 5 heteroatoms. The van der Waals surface area contributed by atoms with Gasteiger partial charge < -0.3 is 14.8 Å². The molecule has 4 nitrogen and oxygen atoms in total. The molecule has 0 aliphatic carbocycles. The molecule has 2 aromatic rings. The number of para-hydroxylation sites is 1. The SMILES string of the molecule is CCCCOC(=O)C1=C(C)NC(C)=CC1c1ccccc1OCc1cccc(F)c1. The second-order valence-corrected chi connectivity index (χ2v) is 7.44. The molecule has 0 saturated carbocycles. The Balaban J connectivity index is 1.88. The van der Waals surface area contributed by atoms with Crippen LogP contribution in [0.15, 0.2) is 71.6 Å². The van der Waals surface area contributed by atoms with Gasteiger partial charge in [-0.15, -0.1) is 0 Å². The molecule has 0 aromatic heterocycles. The fourth-order valence-corrected chi connectivity index (χ4v) is 3.54. The number of hydrogen-bond acceptors (Lipinski definition) is 4. The Morgan fingerprint density at radius 3 is 2.70 bits per heavy atom. The number of hydrogen-bond donors (Lipinski definition) is 1. The zero-order valence-electron chi connectivity index (χ0n) is 17.7. The fourth-order valence-electron chi connectivity index (χ4n) is 3.54. The van der Waals surface area contributed by atoms with Gasteiger partial charge in [0.1, 0.15) is 18.2 Å². The number of unbranched alkanes of at least 4 members (excludes halogenated alkanes) is 1. The summed E-state index contributed by atoms with van der Waals surface area (Å²) in [6, 6.07) is 14.0. The van der Waals surface area contributed by atoms with Crippen LogP contribution in [0.25, 0.3) is 0 Å². The first-order valence-corrected chi connectivity index (χ1v) is 10.3. The molecule has 30 heavy (non-hydrogen) atoms. The smallest absolute Gasteiger partial charge is 0.336 e. The fraction of sp³-hybridized carbons (Fsp3) is 0.320. The van der Waals surface area contributed by atoms with Gasteiger partial charge in [-0.1, -0.05) is 49.8 Å². The molecule has 158 valence electrons. The van der Waals surface area contributed by atoms with Crippen LogP contribution in [-0.2, 0) is 16.1 Å². The third-order valence-corrected chi connectivity index (χ3v) is 5.00. The Bertz CT molecular complexity index is 964. The van der Waals surface area contributed by atoms with Gasteiger partial charge in [0.2, 0.25) is 0 Å². The number of nitrogens with one attached hydrogen (secondary N) is 1. The van der Waals surface area contributed by atoms with Crippen LogP contribution in [0.3, 0.4) is 0 Å². The first-order valence-electron chi connectivity index (χ1n) is 10.3. The van der Waals surface area contributed by atoms with E-state index in [-0.39, 0.29) is 24.3 Å². The minimum Gasteiger partial charge on any atom is -0.489 e. The van der Waals surface area contributed by atoms with Crippen molar-refractivity contribution in [2.24, 2.45) is 0 Å². The molecular weight excluding hydrogens is 381 g/mol. The lowest BCUT2D eigenvalue weighted by molar-refractivity contribution is -0.139. The molecule has 1 aliphatic rings. The van der Waals surface area contributed by atoms with Gasteiger partial charge in [0.25, 0.3) is 0 Å². The standard InChI is InChI=1S/C25H28FNO3/c1-4-5-13-29-25(28)24-18(3)27-17(2)14-22(24)21-11-6-7-12-23(21)30-16-19-9-8-10-20(26)15-19/h6-12,14-15,22,27H,4-5,13,16H2,1-3H3. The van der Waals surface area contributed by atoms with Gasteiger partial charge in [0.15, 0.2) is 0 Å². The van der Waals surface area contributed by atoms with Crippen molar-refractivity contribution in [3.8, 4) is 5.75 Å². The van der Waals surface area contributed by atoms with Crippen molar-refractivity contribution in [3.63, 3.8) is 0 Å². The molecule has 0 saturated heterocycles. The molecule has 3 rings (SSSR count). The quantitative estimate of drug-likeness (QED) is 0.455. The lowest BCUT2D eigenvalue weighted by Crippen LogP contribution is -2.26. The van der Waals surface area contributed by atoms with Crippen LogP contribution < -0.4 is 10.1 Å². The maximum absolute atomic E-state index is 13.5. The third-order valence-electron chi connectivity index (χ3n) is 5.00. The van der Waals surface area contributed by atoms with E-state index < -0.39 is 0 Å². The number of carbonyl (C=O) groups excluding carboxylic acids is 1. The average molecular weight is 410 g/mol.